The van der Waals surface area contributed by atoms with Gasteiger partial charge in [0.05, 0.1) is 10.6 Å². The van der Waals surface area contributed by atoms with Crippen molar-refractivity contribution >= 4 is 15.6 Å². The molecule has 0 radical (unpaired) electrons. The van der Waals surface area contributed by atoms with Crippen molar-refractivity contribution in [3.8, 4) is 0 Å². The first-order valence-electron chi connectivity index (χ1n) is 5.57. The molecule has 0 bridgehead atoms. The van der Waals surface area contributed by atoms with Gasteiger partial charge in [-0.1, -0.05) is 19.1 Å². The van der Waals surface area contributed by atoms with E-state index in [9.17, 15) is 13.2 Å². The highest BCUT2D eigenvalue weighted by Gasteiger charge is 2.12. The summed E-state index contributed by atoms with van der Waals surface area (Å²) < 4.78 is 23.1. The highest BCUT2D eigenvalue weighted by atomic mass is 32.2. The predicted octanol–water partition coefficient (Wildman–Crippen LogP) is 1.40. The van der Waals surface area contributed by atoms with Crippen LogP contribution in [0.5, 0.6) is 0 Å². The number of ketones is 1. The normalized spacial score (nSPS) is 11.4. The fourth-order valence-electron chi connectivity index (χ4n) is 1.42. The van der Waals surface area contributed by atoms with Crippen LogP contribution >= 0.6 is 0 Å². The Morgan fingerprint density at radius 3 is 2.29 bits per heavy atom. The number of carbonyl (C=O) groups excluding carboxylic acids is 1. The number of hydrogen-bond donors (Lipinski definition) is 1. The van der Waals surface area contributed by atoms with Crippen LogP contribution in [0.25, 0.3) is 0 Å². The smallest absolute Gasteiger partial charge is 0.178 e. The molecule has 94 valence electrons. The molecule has 0 spiro atoms. The molecule has 0 fully saturated rings. The van der Waals surface area contributed by atoms with Gasteiger partial charge in [0.1, 0.15) is 0 Å². The molecular formula is C12H17NO3S. The number of nitrogens with two attached hydrogens (primary N) is 1. The third-order valence-corrected chi connectivity index (χ3v) is 4.27. The van der Waals surface area contributed by atoms with Gasteiger partial charge < -0.3 is 5.73 Å². The minimum Gasteiger partial charge on any atom is -0.330 e. The molecule has 0 saturated heterocycles. The van der Waals surface area contributed by atoms with Crippen LogP contribution in [-0.2, 0) is 9.84 Å². The zero-order chi connectivity index (χ0) is 12.9. The zero-order valence-corrected chi connectivity index (χ0v) is 10.7. The number of Topliss-reactive ketones (excluding diaryl/α,β-unsaturated/α-hetero) is 1. The quantitative estimate of drug-likeness (QED) is 0.779. The molecule has 17 heavy (non-hydrogen) atoms. The highest BCUT2D eigenvalue weighted by molar-refractivity contribution is 7.91. The van der Waals surface area contributed by atoms with Crippen molar-refractivity contribution in [2.24, 2.45) is 5.73 Å². The topological polar surface area (TPSA) is 77.2 Å². The highest BCUT2D eigenvalue weighted by Crippen LogP contribution is 2.13. The molecule has 5 heteroatoms. The average molecular weight is 255 g/mol. The number of sulfone groups is 1. The molecule has 4 nitrogen and oxygen atoms in total. The van der Waals surface area contributed by atoms with E-state index in [1.54, 1.807) is 19.1 Å². The van der Waals surface area contributed by atoms with Crippen molar-refractivity contribution in [2.45, 2.75) is 24.7 Å². The Morgan fingerprint density at radius 1 is 1.24 bits per heavy atom. The minimum atomic E-state index is -3.19. The molecule has 1 aromatic rings. The third kappa shape index (κ3) is 3.64. The van der Waals surface area contributed by atoms with Crippen LogP contribution in [-0.4, -0.2) is 26.5 Å². The Hall–Kier alpha value is -1.20. The summed E-state index contributed by atoms with van der Waals surface area (Å²) in [5, 5.41) is 0. The van der Waals surface area contributed by atoms with Gasteiger partial charge >= 0.3 is 0 Å². The van der Waals surface area contributed by atoms with Crippen LogP contribution in [0.2, 0.25) is 0 Å². The number of carbonyl (C=O) groups is 1. The maximum Gasteiger partial charge on any atom is 0.178 e. The molecular weight excluding hydrogens is 238 g/mol. The van der Waals surface area contributed by atoms with Crippen molar-refractivity contribution in [1.82, 2.24) is 0 Å². The standard InChI is InChI=1S/C12H17NO3S/c1-2-17(15,16)11-7-5-10(6-8-11)12(14)4-3-9-13/h5-8H,2-4,9,13H2,1H3. The fraction of sp³-hybridized carbons (Fsp3) is 0.417. The summed E-state index contributed by atoms with van der Waals surface area (Å²) >= 11 is 0. The molecule has 0 aliphatic rings. The van der Waals surface area contributed by atoms with Crippen LogP contribution in [0.1, 0.15) is 30.1 Å². The van der Waals surface area contributed by atoms with Crippen molar-refractivity contribution in [3.63, 3.8) is 0 Å². The third-order valence-electron chi connectivity index (χ3n) is 2.52. The summed E-state index contributed by atoms with van der Waals surface area (Å²) in [5.74, 6) is 0.0592. The molecule has 2 N–H and O–H groups in total. The van der Waals surface area contributed by atoms with E-state index >= 15 is 0 Å². The molecule has 1 rings (SSSR count). The lowest BCUT2D eigenvalue weighted by atomic mass is 10.1. The largest absolute Gasteiger partial charge is 0.330 e. The molecule has 0 unspecified atom stereocenters. The Kier molecular flexibility index (Phi) is 4.84. The molecule has 0 amide bonds. The number of hydrogen-bond acceptors (Lipinski definition) is 4. The van der Waals surface area contributed by atoms with E-state index in [-0.39, 0.29) is 16.4 Å². The Morgan fingerprint density at radius 2 is 1.82 bits per heavy atom. The van der Waals surface area contributed by atoms with Gasteiger partial charge in [-0.05, 0) is 25.1 Å². The predicted molar refractivity (Wildman–Crippen MR) is 66.8 cm³/mol. The molecule has 0 heterocycles. The maximum atomic E-state index is 11.6. The second-order valence-corrected chi connectivity index (χ2v) is 6.02. The molecule has 0 aromatic heterocycles. The Bertz CT molecular complexity index is 477. The fourth-order valence-corrected chi connectivity index (χ4v) is 2.31. The number of rotatable bonds is 6. The van der Waals surface area contributed by atoms with Gasteiger partial charge in [-0.2, -0.15) is 0 Å². The van der Waals surface area contributed by atoms with Crippen molar-refractivity contribution in [2.75, 3.05) is 12.3 Å². The molecule has 0 atom stereocenters. The lowest BCUT2D eigenvalue weighted by molar-refractivity contribution is 0.0980. The first-order chi connectivity index (χ1) is 8.01. The second-order valence-electron chi connectivity index (χ2n) is 3.74. The molecule has 1 aromatic carbocycles. The SMILES string of the molecule is CCS(=O)(=O)c1ccc(C(=O)CCCN)cc1. The van der Waals surface area contributed by atoms with E-state index in [1.165, 1.54) is 12.1 Å². The maximum absolute atomic E-state index is 11.6. The second kappa shape index (κ2) is 5.93. The van der Waals surface area contributed by atoms with Crippen LogP contribution in [0.15, 0.2) is 29.2 Å². The van der Waals surface area contributed by atoms with Gasteiger partial charge in [0, 0.05) is 12.0 Å². The van der Waals surface area contributed by atoms with Crippen LogP contribution < -0.4 is 5.73 Å². The summed E-state index contributed by atoms with van der Waals surface area (Å²) in [5.41, 5.74) is 5.86. The average Bonchev–Trinajstić information content (AvgIpc) is 2.36. The van der Waals surface area contributed by atoms with Crippen molar-refractivity contribution in [3.05, 3.63) is 29.8 Å². The molecule has 0 saturated carbocycles. The monoisotopic (exact) mass is 255 g/mol. The van der Waals surface area contributed by atoms with Crippen molar-refractivity contribution in [1.29, 1.82) is 0 Å². The summed E-state index contributed by atoms with van der Waals surface area (Å²) in [6.45, 7) is 2.07. The summed E-state index contributed by atoms with van der Waals surface area (Å²) in [6.07, 6.45) is 1.05. The van der Waals surface area contributed by atoms with Gasteiger partial charge in [-0.15, -0.1) is 0 Å². The molecule has 0 aliphatic heterocycles. The van der Waals surface area contributed by atoms with Crippen LogP contribution in [0, 0.1) is 0 Å². The first kappa shape index (κ1) is 13.9. The number of benzene rings is 1. The van der Waals surface area contributed by atoms with E-state index in [1.807, 2.05) is 0 Å². The molecule has 0 aliphatic carbocycles. The van der Waals surface area contributed by atoms with Gasteiger partial charge in [0.15, 0.2) is 15.6 Å². The lowest BCUT2D eigenvalue weighted by Crippen LogP contribution is -2.06. The lowest BCUT2D eigenvalue weighted by Gasteiger charge is -2.03. The van der Waals surface area contributed by atoms with Gasteiger partial charge in [0.25, 0.3) is 0 Å². The van der Waals surface area contributed by atoms with E-state index in [4.69, 9.17) is 5.73 Å². The van der Waals surface area contributed by atoms with Gasteiger partial charge in [-0.25, -0.2) is 8.42 Å². The van der Waals surface area contributed by atoms with E-state index in [0.717, 1.165) is 0 Å². The van der Waals surface area contributed by atoms with E-state index in [0.29, 0.717) is 24.9 Å². The van der Waals surface area contributed by atoms with Crippen molar-refractivity contribution < 1.29 is 13.2 Å². The van der Waals surface area contributed by atoms with Crippen LogP contribution in [0.3, 0.4) is 0 Å². The summed E-state index contributed by atoms with van der Waals surface area (Å²) in [4.78, 5) is 11.9. The summed E-state index contributed by atoms with van der Waals surface area (Å²) in [6, 6.07) is 6.08. The van der Waals surface area contributed by atoms with E-state index < -0.39 is 9.84 Å². The Labute approximate surface area is 102 Å². The van der Waals surface area contributed by atoms with Crippen LogP contribution in [0.4, 0.5) is 0 Å². The zero-order valence-electron chi connectivity index (χ0n) is 9.85. The van der Waals surface area contributed by atoms with Gasteiger partial charge in [0.2, 0.25) is 0 Å². The Balaban J connectivity index is 2.85. The first-order valence-corrected chi connectivity index (χ1v) is 7.22. The minimum absolute atomic E-state index is 0.00380. The van der Waals surface area contributed by atoms with Gasteiger partial charge in [-0.3, -0.25) is 4.79 Å². The van der Waals surface area contributed by atoms with E-state index in [2.05, 4.69) is 0 Å². The summed E-state index contributed by atoms with van der Waals surface area (Å²) in [7, 11) is -3.19.